The monoisotopic (exact) mass is 275 g/mol. The topological polar surface area (TPSA) is 52.3 Å². The Balaban J connectivity index is 1.94. The molecule has 0 bridgehead atoms. The molecule has 0 aliphatic heterocycles. The molecule has 3 heteroatoms. The summed E-state index contributed by atoms with van der Waals surface area (Å²) in [7, 11) is 0. The Morgan fingerprint density at radius 3 is 2.50 bits per heavy atom. The smallest absolute Gasteiger partial charge is 0.323 e. The Morgan fingerprint density at radius 2 is 1.90 bits per heavy atom. The van der Waals surface area contributed by atoms with Gasteiger partial charge in [0, 0.05) is 0 Å². The van der Waals surface area contributed by atoms with Crippen molar-refractivity contribution in [1.29, 1.82) is 0 Å². The quantitative estimate of drug-likeness (QED) is 0.862. The van der Waals surface area contributed by atoms with E-state index in [0.29, 0.717) is 5.92 Å². The van der Waals surface area contributed by atoms with Gasteiger partial charge in [-0.2, -0.15) is 0 Å². The molecule has 3 atom stereocenters. The first-order chi connectivity index (χ1) is 9.37. The summed E-state index contributed by atoms with van der Waals surface area (Å²) in [6.07, 6.45) is 3.08. The molecule has 110 valence electrons. The molecular formula is C17H25NO2. The summed E-state index contributed by atoms with van der Waals surface area (Å²) in [6.45, 7) is 5.62. The van der Waals surface area contributed by atoms with Crippen molar-refractivity contribution < 1.29 is 9.53 Å². The van der Waals surface area contributed by atoms with Crippen LogP contribution in [0.5, 0.6) is 0 Å². The van der Waals surface area contributed by atoms with Crippen molar-refractivity contribution in [3.05, 3.63) is 35.9 Å². The van der Waals surface area contributed by atoms with E-state index in [9.17, 15) is 4.79 Å². The van der Waals surface area contributed by atoms with Crippen LogP contribution in [0.4, 0.5) is 0 Å². The Kier molecular flexibility index (Phi) is 4.48. The third kappa shape index (κ3) is 3.83. The van der Waals surface area contributed by atoms with Crippen molar-refractivity contribution in [3.63, 3.8) is 0 Å². The number of benzene rings is 1. The fourth-order valence-electron chi connectivity index (χ4n) is 2.93. The van der Waals surface area contributed by atoms with Gasteiger partial charge in [0.05, 0.1) is 0 Å². The van der Waals surface area contributed by atoms with E-state index in [-0.39, 0.29) is 11.9 Å². The van der Waals surface area contributed by atoms with Gasteiger partial charge >= 0.3 is 5.97 Å². The number of ether oxygens (including phenoxy) is 1. The average Bonchev–Trinajstić information content (AvgIpc) is 2.86. The van der Waals surface area contributed by atoms with E-state index in [4.69, 9.17) is 10.5 Å². The molecule has 20 heavy (non-hydrogen) atoms. The van der Waals surface area contributed by atoms with Crippen LogP contribution in [0.15, 0.2) is 30.3 Å². The number of rotatable bonds is 3. The van der Waals surface area contributed by atoms with Crippen molar-refractivity contribution >= 4 is 5.97 Å². The molecule has 0 saturated heterocycles. The third-order valence-corrected chi connectivity index (χ3v) is 3.93. The van der Waals surface area contributed by atoms with Gasteiger partial charge in [0.1, 0.15) is 11.6 Å². The van der Waals surface area contributed by atoms with E-state index in [1.807, 2.05) is 26.8 Å². The minimum atomic E-state index is -0.497. The number of esters is 1. The minimum absolute atomic E-state index is 0.232. The molecule has 1 aliphatic rings. The van der Waals surface area contributed by atoms with Gasteiger partial charge in [-0.05, 0) is 57.4 Å². The number of carbonyl (C=O) groups excluding carboxylic acids is 1. The molecule has 2 unspecified atom stereocenters. The number of hydrogen-bond acceptors (Lipinski definition) is 3. The first kappa shape index (κ1) is 15.0. The summed E-state index contributed by atoms with van der Waals surface area (Å²) in [4.78, 5) is 12.0. The fraction of sp³-hybridized carbons (Fsp3) is 0.588. The van der Waals surface area contributed by atoms with Gasteiger partial charge in [-0.15, -0.1) is 0 Å². The van der Waals surface area contributed by atoms with Crippen molar-refractivity contribution in [3.8, 4) is 0 Å². The highest BCUT2D eigenvalue weighted by Crippen LogP contribution is 2.39. The molecule has 1 fully saturated rings. The Morgan fingerprint density at radius 1 is 1.25 bits per heavy atom. The molecule has 1 aromatic rings. The van der Waals surface area contributed by atoms with E-state index >= 15 is 0 Å². The molecular weight excluding hydrogens is 250 g/mol. The molecule has 2 rings (SSSR count). The van der Waals surface area contributed by atoms with Gasteiger partial charge in [0.2, 0.25) is 0 Å². The molecule has 0 radical (unpaired) electrons. The highest BCUT2D eigenvalue weighted by molar-refractivity contribution is 5.76. The lowest BCUT2D eigenvalue weighted by Crippen LogP contribution is -2.41. The maximum atomic E-state index is 12.0. The molecule has 0 spiro atoms. The van der Waals surface area contributed by atoms with Crippen molar-refractivity contribution in [2.45, 2.75) is 57.6 Å². The van der Waals surface area contributed by atoms with Crippen LogP contribution in [0, 0.1) is 5.92 Å². The Hall–Kier alpha value is -1.35. The van der Waals surface area contributed by atoms with Gasteiger partial charge in [0.25, 0.3) is 0 Å². The predicted molar refractivity (Wildman–Crippen MR) is 80.3 cm³/mol. The lowest BCUT2D eigenvalue weighted by Gasteiger charge is -2.25. The van der Waals surface area contributed by atoms with Gasteiger partial charge in [-0.3, -0.25) is 4.79 Å². The van der Waals surface area contributed by atoms with Gasteiger partial charge in [-0.25, -0.2) is 0 Å². The average molecular weight is 275 g/mol. The molecule has 0 amide bonds. The molecule has 1 saturated carbocycles. The summed E-state index contributed by atoms with van der Waals surface area (Å²) in [6, 6.07) is 9.98. The van der Waals surface area contributed by atoms with E-state index < -0.39 is 11.6 Å². The fourth-order valence-corrected chi connectivity index (χ4v) is 2.93. The van der Waals surface area contributed by atoms with Crippen LogP contribution < -0.4 is 5.73 Å². The second-order valence-electron chi connectivity index (χ2n) is 6.74. The van der Waals surface area contributed by atoms with Gasteiger partial charge in [-0.1, -0.05) is 30.3 Å². The number of hydrogen-bond donors (Lipinski definition) is 1. The first-order valence-electron chi connectivity index (χ1n) is 7.40. The third-order valence-electron chi connectivity index (χ3n) is 3.93. The first-order valence-corrected chi connectivity index (χ1v) is 7.40. The highest BCUT2D eigenvalue weighted by atomic mass is 16.6. The van der Waals surface area contributed by atoms with Crippen molar-refractivity contribution in [2.24, 2.45) is 11.7 Å². The van der Waals surface area contributed by atoms with Gasteiger partial charge < -0.3 is 10.5 Å². The Bertz CT molecular complexity index is 450. The van der Waals surface area contributed by atoms with Crippen LogP contribution in [-0.4, -0.2) is 17.6 Å². The highest BCUT2D eigenvalue weighted by Gasteiger charge is 2.35. The zero-order valence-electron chi connectivity index (χ0n) is 12.6. The molecule has 1 aromatic carbocycles. The van der Waals surface area contributed by atoms with Crippen LogP contribution in [0.1, 0.15) is 51.5 Å². The minimum Gasteiger partial charge on any atom is -0.459 e. The maximum Gasteiger partial charge on any atom is 0.323 e. The summed E-state index contributed by atoms with van der Waals surface area (Å²) in [5.41, 5.74) is 6.98. The zero-order chi connectivity index (χ0) is 14.8. The van der Waals surface area contributed by atoms with Crippen molar-refractivity contribution in [2.75, 3.05) is 0 Å². The maximum absolute atomic E-state index is 12.0. The summed E-state index contributed by atoms with van der Waals surface area (Å²) in [5, 5.41) is 0. The second-order valence-corrected chi connectivity index (χ2v) is 6.74. The van der Waals surface area contributed by atoms with Crippen molar-refractivity contribution in [1.82, 2.24) is 0 Å². The van der Waals surface area contributed by atoms with Crippen LogP contribution in [0.25, 0.3) is 0 Å². The van der Waals surface area contributed by atoms with Crippen LogP contribution in [-0.2, 0) is 9.53 Å². The predicted octanol–water partition coefficient (Wildman–Crippen LogP) is 3.24. The van der Waals surface area contributed by atoms with E-state index in [0.717, 1.165) is 19.3 Å². The summed E-state index contributed by atoms with van der Waals surface area (Å²) in [5.74, 6) is 0.487. The van der Waals surface area contributed by atoms with Crippen LogP contribution >= 0.6 is 0 Å². The van der Waals surface area contributed by atoms with Crippen LogP contribution in [0.2, 0.25) is 0 Å². The molecule has 2 N–H and O–H groups in total. The SMILES string of the molecule is CC(C)(C)OC(=O)[C@@H](N)C1CCC(c2ccccc2)C1. The normalized spacial score (nSPS) is 24.4. The van der Waals surface area contributed by atoms with E-state index in [2.05, 4.69) is 24.3 Å². The second kappa shape index (κ2) is 5.96. The number of carbonyl (C=O) groups is 1. The summed E-state index contributed by atoms with van der Waals surface area (Å²) >= 11 is 0. The molecule has 0 heterocycles. The molecule has 3 nitrogen and oxygen atoms in total. The molecule has 0 aromatic heterocycles. The van der Waals surface area contributed by atoms with E-state index in [1.165, 1.54) is 5.56 Å². The van der Waals surface area contributed by atoms with Gasteiger partial charge in [0.15, 0.2) is 0 Å². The van der Waals surface area contributed by atoms with Crippen LogP contribution in [0.3, 0.4) is 0 Å². The summed E-state index contributed by atoms with van der Waals surface area (Å²) < 4.78 is 5.39. The lowest BCUT2D eigenvalue weighted by atomic mass is 9.93. The largest absolute Gasteiger partial charge is 0.459 e. The lowest BCUT2D eigenvalue weighted by molar-refractivity contribution is -0.157. The molecule has 1 aliphatic carbocycles. The Labute approximate surface area is 121 Å². The van der Waals surface area contributed by atoms with E-state index in [1.54, 1.807) is 0 Å². The number of nitrogens with two attached hydrogens (primary N) is 1. The zero-order valence-corrected chi connectivity index (χ0v) is 12.6. The standard InChI is InChI=1S/C17H25NO2/c1-17(2,3)20-16(19)15(18)14-10-9-13(11-14)12-7-5-4-6-8-12/h4-8,13-15H,9-11,18H2,1-3H3/t13?,14?,15-/m0/s1.